The summed E-state index contributed by atoms with van der Waals surface area (Å²) in [6.07, 6.45) is 14.2. The Morgan fingerprint density at radius 2 is 1.15 bits per heavy atom. The van der Waals surface area contributed by atoms with E-state index in [-0.39, 0.29) is 31.7 Å². The van der Waals surface area contributed by atoms with E-state index in [0.717, 1.165) is 24.0 Å². The van der Waals surface area contributed by atoms with Crippen LogP contribution in [0.25, 0.3) is 12.2 Å². The summed E-state index contributed by atoms with van der Waals surface area (Å²) in [4.78, 5) is 11.8. The van der Waals surface area contributed by atoms with E-state index in [4.69, 9.17) is 9.84 Å². The van der Waals surface area contributed by atoms with E-state index in [1.165, 1.54) is 49.7 Å². The number of amides is 1. The van der Waals surface area contributed by atoms with Crippen LogP contribution < -0.4 is 10.6 Å². The molecule has 0 spiro atoms. The van der Waals surface area contributed by atoms with Gasteiger partial charge in [0.05, 0.1) is 37.5 Å². The molecule has 4 atom stereocenters. The number of nitrogens with one attached hydrogen (secondary N) is 2. The molecule has 6 N–H and O–H groups in total. The Hall–Kier alpha value is -2.72. The zero-order valence-electron chi connectivity index (χ0n) is 29.3. The van der Waals surface area contributed by atoms with E-state index >= 15 is 0 Å². The molecule has 2 rings (SSSR count). The summed E-state index contributed by atoms with van der Waals surface area (Å²) in [7, 11) is 1.73. The van der Waals surface area contributed by atoms with Crippen LogP contribution in [0.1, 0.15) is 95.4 Å². The Bertz CT molecular complexity index is 1130. The molecule has 0 aliphatic rings. The first kappa shape index (κ1) is 44.3. The maximum absolute atomic E-state index is 11.8. The molecule has 47 heavy (non-hydrogen) atoms. The summed E-state index contributed by atoms with van der Waals surface area (Å²) in [6, 6.07) is 15.4. The van der Waals surface area contributed by atoms with Crippen molar-refractivity contribution in [3.05, 3.63) is 82.9 Å². The molecule has 2 aromatic rings. The summed E-state index contributed by atoms with van der Waals surface area (Å²) in [5.74, 6) is 0. The van der Waals surface area contributed by atoms with Gasteiger partial charge in [-0.3, -0.25) is 0 Å². The zero-order chi connectivity index (χ0) is 34.4. The van der Waals surface area contributed by atoms with Crippen molar-refractivity contribution in [2.75, 3.05) is 20.3 Å². The number of rotatable bonds is 18. The monoisotopic (exact) mass is 676 g/mol. The van der Waals surface area contributed by atoms with Crippen LogP contribution in [0.3, 0.4) is 0 Å². The summed E-state index contributed by atoms with van der Waals surface area (Å²) < 4.78 is 5.14. The molecular formula is C38H61ClN2O6. The number of alkyl carbamates (subject to hydrolysis) is 1. The summed E-state index contributed by atoms with van der Waals surface area (Å²) in [5, 5.41) is 43.9. The van der Waals surface area contributed by atoms with Crippen molar-refractivity contribution in [1.29, 1.82) is 0 Å². The van der Waals surface area contributed by atoms with E-state index in [1.807, 2.05) is 18.2 Å². The molecule has 1 amide bonds. The third kappa shape index (κ3) is 20.3. The number of likely N-dealkylation sites (N-methyl/N-ethyl adjacent to an activating group) is 1. The van der Waals surface area contributed by atoms with Gasteiger partial charge in [0.15, 0.2) is 0 Å². The van der Waals surface area contributed by atoms with E-state index < -0.39 is 29.9 Å². The lowest BCUT2D eigenvalue weighted by molar-refractivity contribution is 0.0406. The second-order valence-corrected chi connectivity index (χ2v) is 12.6. The van der Waals surface area contributed by atoms with Gasteiger partial charge in [0, 0.05) is 0 Å². The van der Waals surface area contributed by atoms with Crippen molar-refractivity contribution >= 4 is 30.7 Å². The quantitative estimate of drug-likeness (QED) is 0.0998. The number of hydrogen-bond donors (Lipinski definition) is 6. The van der Waals surface area contributed by atoms with Crippen molar-refractivity contribution < 1.29 is 30.0 Å². The predicted molar refractivity (Wildman–Crippen MR) is 197 cm³/mol. The molecule has 0 saturated carbocycles. The van der Waals surface area contributed by atoms with Gasteiger partial charge < -0.3 is 35.8 Å². The van der Waals surface area contributed by atoms with E-state index in [1.54, 1.807) is 46.0 Å². The molecule has 9 heteroatoms. The molecule has 2 aromatic carbocycles. The standard InChI is InChI=1S/C21H33NO4.C17H27NO2.ClH/c1-5-6-7-8-16-9-11-17(12-10-16)13-14-19(24)18(15-23)22-20(25)26-21(2,3)4;1-3-4-5-6-14-7-9-15(10-8-14)11-12-17(20)16(13-19)18-2;/h9-14,18-19,23-24H,5-8,15H2,1-4H3,(H,22,25);7-12,16-20H,3-6,13H2,1-2H3;1H/b14-13+;12-11+;/t18-,19+;16-,17+;/m11./s1. The number of unbranched alkanes of at least 4 members (excludes halogenated alkanes) is 4. The highest BCUT2D eigenvalue weighted by atomic mass is 35.5. The number of benzene rings is 2. The summed E-state index contributed by atoms with van der Waals surface area (Å²) in [6.45, 7) is 9.19. The SMILES string of the molecule is CCCCCc1ccc(/C=C/[C@H](O)[C@@H](CO)NC(=O)OC(C)(C)C)cc1.CCCCCc1ccc(/C=C/[C@H](O)[C@@H](CO)NC)cc1.Cl. The normalized spacial score (nSPS) is 14.1. The van der Waals surface area contributed by atoms with Gasteiger partial charge in [0.2, 0.25) is 0 Å². The van der Waals surface area contributed by atoms with Crippen LogP contribution in [0.5, 0.6) is 0 Å². The molecule has 0 bridgehead atoms. The van der Waals surface area contributed by atoms with Crippen LogP contribution in [0.2, 0.25) is 0 Å². The minimum atomic E-state index is -1.02. The minimum Gasteiger partial charge on any atom is -0.444 e. The van der Waals surface area contributed by atoms with Crippen molar-refractivity contribution in [3.8, 4) is 0 Å². The first-order chi connectivity index (χ1) is 22.0. The number of halogens is 1. The fourth-order valence-electron chi connectivity index (χ4n) is 4.50. The number of aliphatic hydroxyl groups is 4. The average Bonchev–Trinajstić information content (AvgIpc) is 3.03. The predicted octanol–water partition coefficient (Wildman–Crippen LogP) is 6.47. The van der Waals surface area contributed by atoms with Gasteiger partial charge in [-0.25, -0.2) is 4.79 Å². The smallest absolute Gasteiger partial charge is 0.408 e. The van der Waals surface area contributed by atoms with Gasteiger partial charge >= 0.3 is 6.09 Å². The lowest BCUT2D eigenvalue weighted by atomic mass is 10.0. The molecule has 0 aliphatic heterocycles. The zero-order valence-corrected chi connectivity index (χ0v) is 30.1. The van der Waals surface area contributed by atoms with Crippen LogP contribution >= 0.6 is 12.4 Å². The highest BCUT2D eigenvalue weighted by molar-refractivity contribution is 5.85. The van der Waals surface area contributed by atoms with Crippen molar-refractivity contribution in [3.63, 3.8) is 0 Å². The molecule has 0 saturated heterocycles. The summed E-state index contributed by atoms with van der Waals surface area (Å²) >= 11 is 0. The van der Waals surface area contributed by atoms with Gasteiger partial charge in [-0.05, 0) is 75.8 Å². The molecule has 0 unspecified atom stereocenters. The number of carbonyl (C=O) groups excluding carboxylic acids is 1. The maximum Gasteiger partial charge on any atom is 0.408 e. The highest BCUT2D eigenvalue weighted by Gasteiger charge is 2.22. The Morgan fingerprint density at radius 1 is 0.745 bits per heavy atom. The van der Waals surface area contributed by atoms with Gasteiger partial charge in [-0.2, -0.15) is 0 Å². The molecule has 8 nitrogen and oxygen atoms in total. The number of aryl methyl sites for hydroxylation is 2. The van der Waals surface area contributed by atoms with Gasteiger partial charge in [-0.15, -0.1) is 12.4 Å². The number of hydrogen-bond acceptors (Lipinski definition) is 7. The lowest BCUT2D eigenvalue weighted by Crippen LogP contribution is -2.46. The van der Waals surface area contributed by atoms with Gasteiger partial charge in [-0.1, -0.05) is 112 Å². The second-order valence-electron chi connectivity index (χ2n) is 12.6. The minimum absolute atomic E-state index is 0. The van der Waals surface area contributed by atoms with Gasteiger partial charge in [0.25, 0.3) is 0 Å². The Labute approximate surface area is 289 Å². The number of ether oxygens (including phenoxy) is 1. The molecule has 0 fully saturated rings. The second kappa shape index (κ2) is 25.3. The lowest BCUT2D eigenvalue weighted by Gasteiger charge is -2.24. The Balaban J connectivity index is 0.000000910. The van der Waals surface area contributed by atoms with Crippen LogP contribution in [0.15, 0.2) is 60.7 Å². The van der Waals surface area contributed by atoms with Crippen molar-refractivity contribution in [2.24, 2.45) is 0 Å². The Kier molecular flexibility index (Phi) is 23.9. The fraction of sp³-hybridized carbons (Fsp3) is 0.553. The summed E-state index contributed by atoms with van der Waals surface area (Å²) in [5.41, 5.74) is 4.05. The van der Waals surface area contributed by atoms with E-state index in [0.29, 0.717) is 0 Å². The van der Waals surface area contributed by atoms with Crippen LogP contribution in [0.4, 0.5) is 4.79 Å². The first-order valence-electron chi connectivity index (χ1n) is 16.7. The third-order valence-electron chi connectivity index (χ3n) is 7.36. The van der Waals surface area contributed by atoms with Crippen LogP contribution in [-0.2, 0) is 17.6 Å². The number of carbonyl (C=O) groups is 1. The molecule has 0 aliphatic carbocycles. The maximum atomic E-state index is 11.8. The number of aliphatic hydroxyl groups excluding tert-OH is 4. The Morgan fingerprint density at radius 3 is 1.49 bits per heavy atom. The van der Waals surface area contributed by atoms with Gasteiger partial charge in [0.1, 0.15) is 5.60 Å². The molecular weight excluding hydrogens is 616 g/mol. The van der Waals surface area contributed by atoms with Crippen molar-refractivity contribution in [1.82, 2.24) is 10.6 Å². The third-order valence-corrected chi connectivity index (χ3v) is 7.36. The van der Waals surface area contributed by atoms with Crippen LogP contribution in [0, 0.1) is 0 Å². The largest absolute Gasteiger partial charge is 0.444 e. The average molecular weight is 677 g/mol. The topological polar surface area (TPSA) is 131 Å². The molecule has 266 valence electrons. The first-order valence-corrected chi connectivity index (χ1v) is 16.7. The molecule has 0 aromatic heterocycles. The molecule has 0 heterocycles. The van der Waals surface area contributed by atoms with Crippen LogP contribution in [-0.4, -0.2) is 76.7 Å². The highest BCUT2D eigenvalue weighted by Crippen LogP contribution is 2.13. The van der Waals surface area contributed by atoms with Crippen molar-refractivity contribution in [2.45, 2.75) is 116 Å². The fourth-order valence-corrected chi connectivity index (χ4v) is 4.50. The van der Waals surface area contributed by atoms with E-state index in [2.05, 4.69) is 60.9 Å². The van der Waals surface area contributed by atoms with E-state index in [9.17, 15) is 20.1 Å². The molecule has 0 radical (unpaired) electrons.